The molecule has 116 valence electrons. The molecule has 3 heterocycles. The van der Waals surface area contributed by atoms with Crippen LogP contribution in [0.25, 0.3) is 0 Å². The Hall–Kier alpha value is -1.66. The second kappa shape index (κ2) is 6.62. The molecule has 1 aliphatic heterocycles. The Morgan fingerprint density at radius 2 is 2.23 bits per heavy atom. The van der Waals surface area contributed by atoms with Gasteiger partial charge in [0.25, 0.3) is 0 Å². The first kappa shape index (κ1) is 15.2. The minimum Gasteiger partial charge on any atom is -0.481 e. The number of likely N-dealkylation sites (tertiary alicyclic amines) is 1. The number of carboxylic acid groups (broad SMARTS) is 1. The Kier molecular flexibility index (Phi) is 4.59. The van der Waals surface area contributed by atoms with Crippen molar-refractivity contribution in [1.29, 1.82) is 0 Å². The summed E-state index contributed by atoms with van der Waals surface area (Å²) < 4.78 is 0. The monoisotopic (exact) mass is 335 g/mol. The van der Waals surface area contributed by atoms with E-state index in [0.29, 0.717) is 19.4 Å². The van der Waals surface area contributed by atoms with Gasteiger partial charge in [0, 0.05) is 17.8 Å². The minimum absolute atomic E-state index is 0.0604. The third kappa shape index (κ3) is 3.08. The van der Waals surface area contributed by atoms with E-state index in [0.717, 1.165) is 12.0 Å². The fourth-order valence-electron chi connectivity index (χ4n) is 3.02. The molecule has 6 heteroatoms. The van der Waals surface area contributed by atoms with Gasteiger partial charge in [-0.1, -0.05) is 6.07 Å². The van der Waals surface area contributed by atoms with Crippen molar-refractivity contribution in [1.82, 2.24) is 4.90 Å². The van der Waals surface area contributed by atoms with Gasteiger partial charge in [-0.25, -0.2) is 0 Å². The van der Waals surface area contributed by atoms with Crippen molar-refractivity contribution in [2.24, 2.45) is 5.92 Å². The topological polar surface area (TPSA) is 57.6 Å². The van der Waals surface area contributed by atoms with Gasteiger partial charge in [0.15, 0.2) is 0 Å². The van der Waals surface area contributed by atoms with E-state index in [2.05, 4.69) is 0 Å². The highest BCUT2D eigenvalue weighted by Crippen LogP contribution is 2.38. The van der Waals surface area contributed by atoms with Crippen LogP contribution in [0.5, 0.6) is 0 Å². The average Bonchev–Trinajstić information content (AvgIpc) is 3.18. The van der Waals surface area contributed by atoms with Gasteiger partial charge in [0.05, 0.1) is 12.0 Å². The number of carbonyl (C=O) groups is 2. The number of aliphatic carboxylic acids is 1. The first-order chi connectivity index (χ1) is 10.7. The number of carbonyl (C=O) groups excluding carboxylic acids is 1. The van der Waals surface area contributed by atoms with Gasteiger partial charge >= 0.3 is 5.97 Å². The molecule has 0 unspecified atom stereocenters. The van der Waals surface area contributed by atoms with Crippen LogP contribution in [0.15, 0.2) is 34.3 Å². The zero-order valence-electron chi connectivity index (χ0n) is 12.0. The molecule has 1 fully saturated rings. The summed E-state index contributed by atoms with van der Waals surface area (Å²) in [5.74, 6) is -1.27. The smallest absolute Gasteiger partial charge is 0.308 e. The zero-order valence-corrected chi connectivity index (χ0v) is 13.6. The van der Waals surface area contributed by atoms with Crippen LogP contribution in [0.2, 0.25) is 0 Å². The molecule has 0 saturated carbocycles. The molecule has 0 bridgehead atoms. The molecule has 22 heavy (non-hydrogen) atoms. The summed E-state index contributed by atoms with van der Waals surface area (Å²) in [6.45, 7) is 0.573. The maximum Gasteiger partial charge on any atom is 0.308 e. The minimum atomic E-state index is -0.815. The van der Waals surface area contributed by atoms with Crippen molar-refractivity contribution in [2.75, 3.05) is 6.54 Å². The Balaban J connectivity index is 1.85. The second-order valence-electron chi connectivity index (χ2n) is 5.40. The number of carboxylic acids is 1. The fraction of sp³-hybridized carbons (Fsp3) is 0.375. The third-order valence-electron chi connectivity index (χ3n) is 4.09. The van der Waals surface area contributed by atoms with Gasteiger partial charge in [-0.05, 0) is 46.7 Å². The number of amides is 1. The van der Waals surface area contributed by atoms with E-state index in [-0.39, 0.29) is 11.9 Å². The van der Waals surface area contributed by atoms with Crippen LogP contribution in [0.1, 0.15) is 29.3 Å². The zero-order chi connectivity index (χ0) is 15.5. The van der Waals surface area contributed by atoms with Gasteiger partial charge in [-0.15, -0.1) is 11.3 Å². The van der Waals surface area contributed by atoms with Crippen molar-refractivity contribution in [2.45, 2.75) is 25.3 Å². The number of rotatable bonds is 5. The van der Waals surface area contributed by atoms with Crippen molar-refractivity contribution in [3.05, 3.63) is 44.8 Å². The van der Waals surface area contributed by atoms with E-state index in [9.17, 15) is 14.7 Å². The van der Waals surface area contributed by atoms with Gasteiger partial charge < -0.3 is 10.0 Å². The standard InChI is InChI=1S/C16H17NO3S2/c18-14-4-3-13(16(19)20)15(11-6-9-21-10-11)17(14)7-5-12-2-1-8-22-12/h1-2,6,8-10,13,15H,3-5,7H2,(H,19,20)/t13-,15+/m0/s1. The number of piperidine rings is 1. The number of nitrogens with zero attached hydrogens (tertiary/aromatic N) is 1. The van der Waals surface area contributed by atoms with E-state index in [1.54, 1.807) is 16.2 Å². The molecule has 0 spiro atoms. The Labute approximate surface area is 137 Å². The maximum absolute atomic E-state index is 12.4. The summed E-state index contributed by atoms with van der Waals surface area (Å²) >= 11 is 3.20. The molecule has 1 amide bonds. The molecule has 1 aliphatic rings. The number of hydrogen-bond donors (Lipinski definition) is 1. The Morgan fingerprint density at radius 3 is 2.86 bits per heavy atom. The Morgan fingerprint density at radius 1 is 1.36 bits per heavy atom. The molecule has 0 aromatic carbocycles. The quantitative estimate of drug-likeness (QED) is 0.911. The molecular formula is C16H17NO3S2. The summed E-state index contributed by atoms with van der Waals surface area (Å²) in [5, 5.41) is 15.4. The van der Waals surface area contributed by atoms with Crippen LogP contribution in [0.4, 0.5) is 0 Å². The lowest BCUT2D eigenvalue weighted by atomic mass is 9.85. The van der Waals surface area contributed by atoms with E-state index >= 15 is 0 Å². The predicted octanol–water partition coefficient (Wildman–Crippen LogP) is 3.42. The lowest BCUT2D eigenvalue weighted by molar-refractivity contribution is -0.152. The lowest BCUT2D eigenvalue weighted by Gasteiger charge is -2.39. The van der Waals surface area contributed by atoms with Crippen molar-refractivity contribution in [3.63, 3.8) is 0 Å². The highest BCUT2D eigenvalue weighted by atomic mass is 32.1. The molecule has 1 N–H and O–H groups in total. The molecule has 2 aromatic rings. The van der Waals surface area contributed by atoms with Crippen LogP contribution in [-0.4, -0.2) is 28.4 Å². The maximum atomic E-state index is 12.4. The molecular weight excluding hydrogens is 318 g/mol. The molecule has 4 nitrogen and oxygen atoms in total. The van der Waals surface area contributed by atoms with Crippen molar-refractivity contribution in [3.8, 4) is 0 Å². The van der Waals surface area contributed by atoms with Crippen LogP contribution < -0.4 is 0 Å². The predicted molar refractivity (Wildman–Crippen MR) is 87.2 cm³/mol. The van der Waals surface area contributed by atoms with E-state index < -0.39 is 11.9 Å². The van der Waals surface area contributed by atoms with E-state index in [4.69, 9.17) is 0 Å². The summed E-state index contributed by atoms with van der Waals surface area (Å²) in [6, 6.07) is 5.63. The van der Waals surface area contributed by atoms with Gasteiger partial charge in [-0.2, -0.15) is 11.3 Å². The van der Waals surface area contributed by atoms with Gasteiger partial charge in [-0.3, -0.25) is 9.59 Å². The lowest BCUT2D eigenvalue weighted by Crippen LogP contribution is -2.46. The van der Waals surface area contributed by atoms with Gasteiger partial charge in [0.1, 0.15) is 0 Å². The molecule has 0 aliphatic carbocycles. The van der Waals surface area contributed by atoms with Gasteiger partial charge in [0.2, 0.25) is 5.91 Å². The molecule has 1 saturated heterocycles. The molecule has 2 aromatic heterocycles. The van der Waals surface area contributed by atoms with E-state index in [1.807, 2.05) is 34.3 Å². The third-order valence-corrected chi connectivity index (χ3v) is 5.73. The first-order valence-corrected chi connectivity index (χ1v) is 9.06. The van der Waals surface area contributed by atoms with E-state index in [1.165, 1.54) is 16.2 Å². The van der Waals surface area contributed by atoms with Crippen molar-refractivity contribution < 1.29 is 14.7 Å². The summed E-state index contributed by atoms with van der Waals surface area (Å²) in [6.07, 6.45) is 1.52. The molecule has 2 atom stereocenters. The van der Waals surface area contributed by atoms with Crippen LogP contribution in [-0.2, 0) is 16.0 Å². The summed E-state index contributed by atoms with van der Waals surface area (Å²) in [5.41, 5.74) is 0.941. The van der Waals surface area contributed by atoms with Crippen LogP contribution in [0, 0.1) is 5.92 Å². The second-order valence-corrected chi connectivity index (χ2v) is 7.21. The molecule has 0 radical (unpaired) electrons. The number of hydrogen-bond acceptors (Lipinski definition) is 4. The van der Waals surface area contributed by atoms with Crippen LogP contribution in [0.3, 0.4) is 0 Å². The summed E-state index contributed by atoms with van der Waals surface area (Å²) in [4.78, 5) is 27.0. The highest BCUT2D eigenvalue weighted by molar-refractivity contribution is 7.09. The fourth-order valence-corrected chi connectivity index (χ4v) is 4.40. The molecule has 3 rings (SSSR count). The normalized spacial score (nSPS) is 22.0. The number of thiophene rings is 2. The first-order valence-electron chi connectivity index (χ1n) is 7.23. The highest BCUT2D eigenvalue weighted by Gasteiger charge is 2.40. The average molecular weight is 335 g/mol. The largest absolute Gasteiger partial charge is 0.481 e. The van der Waals surface area contributed by atoms with Crippen LogP contribution >= 0.6 is 22.7 Å². The van der Waals surface area contributed by atoms with Crippen molar-refractivity contribution >= 4 is 34.6 Å². The SMILES string of the molecule is O=C(O)[C@H]1CCC(=O)N(CCc2cccs2)[C@@H]1c1ccsc1. The summed E-state index contributed by atoms with van der Waals surface area (Å²) in [7, 11) is 0. The Bertz CT molecular complexity index is 636.